The molecule has 0 spiro atoms. The van der Waals surface area contributed by atoms with Crippen molar-refractivity contribution in [2.75, 3.05) is 5.73 Å². The third-order valence-electron chi connectivity index (χ3n) is 1.27. The second kappa shape index (κ2) is 4.57. The number of anilines is 1. The quantitative estimate of drug-likeness (QED) is 0.439. The lowest BCUT2D eigenvalue weighted by atomic mass is 10.3. The van der Waals surface area contributed by atoms with Crippen LogP contribution in [-0.2, 0) is 4.79 Å². The first kappa shape index (κ1) is 9.67. The number of nitrogens with two attached hydrogens (primary N) is 1. The number of thioether (sulfide) groups is 1. The maximum absolute atomic E-state index is 10.1. The number of hydrogen-bond donors (Lipinski definition) is 2. The Kier molecular flexibility index (Phi) is 3.40. The number of carbonyl (C=O) groups is 1. The largest absolute Gasteiger partial charge is 0.478 e. The lowest BCUT2D eigenvalue weighted by molar-refractivity contribution is -0.131. The van der Waals surface area contributed by atoms with Crippen LogP contribution in [0.4, 0.5) is 5.69 Å². The second-order valence-corrected chi connectivity index (χ2v) is 3.31. The predicted octanol–water partition coefficient (Wildman–Crippen LogP) is 1.96. The number of rotatable bonds is 3. The van der Waals surface area contributed by atoms with Crippen LogP contribution in [0.15, 0.2) is 40.6 Å². The molecule has 0 aliphatic heterocycles. The molecule has 0 aromatic heterocycles. The molecule has 3 N–H and O–H groups in total. The van der Waals surface area contributed by atoms with Crippen molar-refractivity contribution in [1.29, 1.82) is 0 Å². The molecule has 0 atom stereocenters. The molecule has 0 bridgehead atoms. The van der Waals surface area contributed by atoms with Crippen molar-refractivity contribution in [2.45, 2.75) is 4.90 Å². The summed E-state index contributed by atoms with van der Waals surface area (Å²) in [5.74, 6) is -0.948. The Morgan fingerprint density at radius 1 is 1.54 bits per heavy atom. The van der Waals surface area contributed by atoms with Gasteiger partial charge in [-0.25, -0.2) is 4.79 Å². The van der Waals surface area contributed by atoms with Crippen molar-refractivity contribution in [3.8, 4) is 0 Å². The Labute approximate surface area is 80.3 Å². The molecule has 0 amide bonds. The fourth-order valence-corrected chi connectivity index (χ4v) is 1.46. The van der Waals surface area contributed by atoms with Gasteiger partial charge in [-0.15, -0.1) is 0 Å². The summed E-state index contributed by atoms with van der Waals surface area (Å²) < 4.78 is 0. The van der Waals surface area contributed by atoms with Gasteiger partial charge in [-0.1, -0.05) is 17.8 Å². The zero-order chi connectivity index (χ0) is 9.68. The minimum absolute atomic E-state index is 0.675. The van der Waals surface area contributed by atoms with Crippen molar-refractivity contribution in [2.24, 2.45) is 0 Å². The Morgan fingerprint density at radius 2 is 2.31 bits per heavy atom. The fraction of sp³-hybridized carbons (Fsp3) is 0. The van der Waals surface area contributed by atoms with Gasteiger partial charge in [-0.05, 0) is 23.6 Å². The van der Waals surface area contributed by atoms with Crippen molar-refractivity contribution < 1.29 is 9.90 Å². The van der Waals surface area contributed by atoms with E-state index >= 15 is 0 Å². The second-order valence-electron chi connectivity index (χ2n) is 2.33. The first-order valence-electron chi connectivity index (χ1n) is 3.60. The van der Waals surface area contributed by atoms with E-state index in [1.54, 1.807) is 12.1 Å². The Hall–Kier alpha value is -1.42. The predicted molar refractivity (Wildman–Crippen MR) is 53.5 cm³/mol. The van der Waals surface area contributed by atoms with Crippen LogP contribution in [0.25, 0.3) is 0 Å². The molecule has 1 rings (SSSR count). The van der Waals surface area contributed by atoms with Gasteiger partial charge in [0.05, 0.1) is 0 Å². The molecule has 0 saturated carbocycles. The normalized spacial score (nSPS) is 10.5. The highest BCUT2D eigenvalue weighted by Gasteiger charge is 1.91. The van der Waals surface area contributed by atoms with E-state index in [0.29, 0.717) is 5.69 Å². The molecule has 68 valence electrons. The zero-order valence-electron chi connectivity index (χ0n) is 6.81. The van der Waals surface area contributed by atoms with E-state index in [1.165, 1.54) is 17.2 Å². The minimum Gasteiger partial charge on any atom is -0.478 e. The third-order valence-corrected chi connectivity index (χ3v) is 2.07. The summed E-state index contributed by atoms with van der Waals surface area (Å²) in [5, 5.41) is 9.83. The van der Waals surface area contributed by atoms with Gasteiger partial charge < -0.3 is 10.8 Å². The van der Waals surface area contributed by atoms with Crippen LogP contribution in [0.5, 0.6) is 0 Å². The number of nitrogen functional groups attached to an aromatic ring is 1. The molecule has 13 heavy (non-hydrogen) atoms. The summed E-state index contributed by atoms with van der Waals surface area (Å²) in [6.45, 7) is 0. The molecule has 0 aliphatic rings. The van der Waals surface area contributed by atoms with Crippen LogP contribution in [-0.4, -0.2) is 11.1 Å². The van der Waals surface area contributed by atoms with Crippen molar-refractivity contribution in [3.63, 3.8) is 0 Å². The van der Waals surface area contributed by atoms with Crippen LogP contribution < -0.4 is 5.73 Å². The summed E-state index contributed by atoms with van der Waals surface area (Å²) in [4.78, 5) is 11.1. The van der Waals surface area contributed by atoms with Crippen LogP contribution in [0.1, 0.15) is 0 Å². The average Bonchev–Trinajstić information content (AvgIpc) is 2.03. The lowest BCUT2D eigenvalue weighted by Gasteiger charge is -1.96. The first-order chi connectivity index (χ1) is 6.18. The van der Waals surface area contributed by atoms with E-state index < -0.39 is 5.97 Å². The van der Waals surface area contributed by atoms with Gasteiger partial charge in [0.25, 0.3) is 0 Å². The van der Waals surface area contributed by atoms with Crippen LogP contribution in [0, 0.1) is 0 Å². The number of hydrogen-bond acceptors (Lipinski definition) is 3. The maximum Gasteiger partial charge on any atom is 0.328 e. The molecule has 0 unspecified atom stereocenters. The SMILES string of the molecule is Nc1cccc(S/C=C/C(=O)O)c1. The molecule has 0 saturated heterocycles. The van der Waals surface area contributed by atoms with Crippen LogP contribution in [0.2, 0.25) is 0 Å². The molecule has 0 radical (unpaired) electrons. The summed E-state index contributed by atoms with van der Waals surface area (Å²) in [5.41, 5.74) is 6.21. The third kappa shape index (κ3) is 3.66. The highest BCUT2D eigenvalue weighted by Crippen LogP contribution is 2.20. The van der Waals surface area contributed by atoms with Crippen molar-refractivity contribution in [1.82, 2.24) is 0 Å². The summed E-state index contributed by atoms with van der Waals surface area (Å²) >= 11 is 1.32. The van der Waals surface area contributed by atoms with Gasteiger partial charge in [-0.3, -0.25) is 0 Å². The maximum atomic E-state index is 10.1. The smallest absolute Gasteiger partial charge is 0.328 e. The Morgan fingerprint density at radius 3 is 2.92 bits per heavy atom. The van der Waals surface area contributed by atoms with Crippen LogP contribution in [0.3, 0.4) is 0 Å². The Balaban J connectivity index is 2.59. The van der Waals surface area contributed by atoms with Crippen molar-refractivity contribution >= 4 is 23.4 Å². The number of aliphatic carboxylic acids is 1. The summed E-state index contributed by atoms with van der Waals surface area (Å²) in [6.07, 6.45) is 1.09. The molecule has 0 fully saturated rings. The summed E-state index contributed by atoms with van der Waals surface area (Å²) in [6, 6.07) is 7.27. The molecule has 3 nitrogen and oxygen atoms in total. The topological polar surface area (TPSA) is 63.3 Å². The van der Waals surface area contributed by atoms with E-state index in [1.807, 2.05) is 12.1 Å². The summed E-state index contributed by atoms with van der Waals surface area (Å²) in [7, 11) is 0. The highest BCUT2D eigenvalue weighted by molar-refractivity contribution is 8.02. The van der Waals surface area contributed by atoms with Gasteiger partial charge in [0.1, 0.15) is 0 Å². The van der Waals surface area contributed by atoms with E-state index in [4.69, 9.17) is 10.8 Å². The number of benzene rings is 1. The van der Waals surface area contributed by atoms with Gasteiger partial charge >= 0.3 is 5.97 Å². The van der Waals surface area contributed by atoms with E-state index in [9.17, 15) is 4.79 Å². The molecular formula is C9H9NO2S. The average molecular weight is 195 g/mol. The molecule has 1 aromatic rings. The zero-order valence-corrected chi connectivity index (χ0v) is 7.62. The number of carboxylic acid groups (broad SMARTS) is 1. The molecular weight excluding hydrogens is 186 g/mol. The monoisotopic (exact) mass is 195 g/mol. The molecule has 0 aliphatic carbocycles. The molecule has 4 heteroatoms. The van der Waals surface area contributed by atoms with Crippen molar-refractivity contribution in [3.05, 3.63) is 35.7 Å². The van der Waals surface area contributed by atoms with Gasteiger partial charge in [0, 0.05) is 16.7 Å². The van der Waals surface area contributed by atoms with Gasteiger partial charge in [0.15, 0.2) is 0 Å². The molecule has 1 aromatic carbocycles. The first-order valence-corrected chi connectivity index (χ1v) is 4.48. The lowest BCUT2D eigenvalue weighted by Crippen LogP contribution is -1.85. The highest BCUT2D eigenvalue weighted by atomic mass is 32.2. The standard InChI is InChI=1S/C9H9NO2S/c10-7-2-1-3-8(6-7)13-5-4-9(11)12/h1-6H,10H2,(H,11,12)/b5-4+. The van der Waals surface area contributed by atoms with E-state index in [0.717, 1.165) is 11.0 Å². The number of carboxylic acids is 1. The van der Waals surface area contributed by atoms with Crippen LogP contribution >= 0.6 is 11.8 Å². The Bertz CT molecular complexity index is 336. The van der Waals surface area contributed by atoms with Gasteiger partial charge in [0.2, 0.25) is 0 Å². The minimum atomic E-state index is -0.948. The van der Waals surface area contributed by atoms with E-state index in [-0.39, 0.29) is 0 Å². The fourth-order valence-electron chi connectivity index (χ4n) is 0.759. The molecule has 0 heterocycles. The van der Waals surface area contributed by atoms with E-state index in [2.05, 4.69) is 0 Å². The van der Waals surface area contributed by atoms with Gasteiger partial charge in [-0.2, -0.15) is 0 Å².